The molecule has 0 bridgehead atoms. The molecule has 1 aromatic rings. The van der Waals surface area contributed by atoms with Gasteiger partial charge in [0.05, 0.1) is 12.0 Å². The van der Waals surface area contributed by atoms with Crippen LogP contribution in [0.4, 0.5) is 4.39 Å². The summed E-state index contributed by atoms with van der Waals surface area (Å²) in [5.41, 5.74) is 0.441. The predicted octanol–water partition coefficient (Wildman–Crippen LogP) is 2.06. The molecule has 2 amide bonds. The molecule has 2 aliphatic carbocycles. The molecule has 0 radical (unpaired) electrons. The molecule has 0 spiro atoms. The summed E-state index contributed by atoms with van der Waals surface area (Å²) in [7, 11) is 0. The molecule has 1 aromatic carbocycles. The number of nitrogens with one attached hydrogen (secondary N) is 1. The Labute approximate surface area is 159 Å². The molecule has 1 saturated heterocycles. The van der Waals surface area contributed by atoms with Crippen LogP contribution in [0, 0.1) is 5.82 Å². The number of carbonyl (C=O) groups excluding carboxylic acids is 2. The van der Waals surface area contributed by atoms with E-state index in [0.717, 1.165) is 57.2 Å². The number of rotatable bonds is 5. The Morgan fingerprint density at radius 2 is 1.67 bits per heavy atom. The highest BCUT2D eigenvalue weighted by atomic mass is 19.1. The molecular formula is C21H28FN3O2. The fraction of sp³-hybridized carbons (Fsp3) is 0.619. The van der Waals surface area contributed by atoms with Gasteiger partial charge in [-0.3, -0.25) is 14.5 Å². The van der Waals surface area contributed by atoms with Gasteiger partial charge in [-0.15, -0.1) is 0 Å². The largest absolute Gasteiger partial charge is 0.352 e. The number of piperazine rings is 1. The van der Waals surface area contributed by atoms with Crippen molar-refractivity contribution in [3.8, 4) is 0 Å². The molecule has 146 valence electrons. The van der Waals surface area contributed by atoms with Crippen LogP contribution in [-0.4, -0.2) is 60.4 Å². The number of halogens is 1. The molecule has 3 fully saturated rings. The standard InChI is InChI=1S/C21H28FN3O2/c22-17-5-3-16(4-6-17)21(9-1-2-10-21)20(27)25-13-11-24(12-14-25)15-19(26)23-18-7-8-18/h3-6,18H,1-2,7-15H2,(H,23,26). The maximum atomic E-state index is 13.4. The van der Waals surface area contributed by atoms with E-state index in [2.05, 4.69) is 10.2 Å². The van der Waals surface area contributed by atoms with Crippen LogP contribution in [0.15, 0.2) is 24.3 Å². The molecule has 6 heteroatoms. The highest BCUT2D eigenvalue weighted by Crippen LogP contribution is 2.42. The molecule has 3 aliphatic rings. The van der Waals surface area contributed by atoms with E-state index in [0.29, 0.717) is 25.7 Å². The minimum Gasteiger partial charge on any atom is -0.352 e. The van der Waals surface area contributed by atoms with E-state index < -0.39 is 5.41 Å². The second kappa shape index (κ2) is 7.58. The first-order valence-corrected chi connectivity index (χ1v) is 10.1. The van der Waals surface area contributed by atoms with Crippen LogP contribution in [0.25, 0.3) is 0 Å². The van der Waals surface area contributed by atoms with Gasteiger partial charge >= 0.3 is 0 Å². The number of nitrogens with zero attached hydrogens (tertiary/aromatic N) is 2. The summed E-state index contributed by atoms with van der Waals surface area (Å²) < 4.78 is 13.4. The van der Waals surface area contributed by atoms with Crippen molar-refractivity contribution >= 4 is 11.8 Å². The minimum atomic E-state index is -0.501. The number of hydrogen-bond donors (Lipinski definition) is 1. The highest BCUT2D eigenvalue weighted by molar-refractivity contribution is 5.89. The molecule has 1 heterocycles. The van der Waals surface area contributed by atoms with Crippen molar-refractivity contribution in [3.05, 3.63) is 35.6 Å². The van der Waals surface area contributed by atoms with E-state index in [9.17, 15) is 14.0 Å². The maximum absolute atomic E-state index is 13.4. The zero-order valence-corrected chi connectivity index (χ0v) is 15.8. The van der Waals surface area contributed by atoms with Gasteiger partial charge in [-0.1, -0.05) is 25.0 Å². The van der Waals surface area contributed by atoms with Crippen LogP contribution < -0.4 is 5.32 Å². The van der Waals surface area contributed by atoms with E-state index in [1.807, 2.05) is 4.90 Å². The molecule has 2 saturated carbocycles. The van der Waals surface area contributed by atoms with Crippen molar-refractivity contribution in [2.24, 2.45) is 0 Å². The van der Waals surface area contributed by atoms with E-state index in [-0.39, 0.29) is 17.6 Å². The second-order valence-electron chi connectivity index (χ2n) is 8.21. The van der Waals surface area contributed by atoms with Crippen LogP contribution in [0.1, 0.15) is 44.1 Å². The van der Waals surface area contributed by atoms with E-state index >= 15 is 0 Å². The van der Waals surface area contributed by atoms with Crippen LogP contribution in [0.5, 0.6) is 0 Å². The van der Waals surface area contributed by atoms with Crippen LogP contribution in [0.3, 0.4) is 0 Å². The van der Waals surface area contributed by atoms with Crippen molar-refractivity contribution in [2.45, 2.75) is 50.0 Å². The molecule has 1 aliphatic heterocycles. The van der Waals surface area contributed by atoms with Gasteiger partial charge in [-0.25, -0.2) is 4.39 Å². The summed E-state index contributed by atoms with van der Waals surface area (Å²) in [6, 6.07) is 6.85. The van der Waals surface area contributed by atoms with Gasteiger partial charge in [0.2, 0.25) is 11.8 Å². The summed E-state index contributed by atoms with van der Waals surface area (Å²) in [5, 5.41) is 3.02. The Kier molecular flexibility index (Phi) is 5.17. The molecule has 5 nitrogen and oxygen atoms in total. The van der Waals surface area contributed by atoms with Crippen molar-refractivity contribution in [1.82, 2.24) is 15.1 Å². The summed E-state index contributed by atoms with van der Waals surface area (Å²) in [6.07, 6.45) is 5.93. The Bertz CT molecular complexity index is 688. The van der Waals surface area contributed by atoms with Gasteiger partial charge in [0, 0.05) is 32.2 Å². The summed E-state index contributed by atoms with van der Waals surface area (Å²) in [5.74, 6) is 0.00183. The molecule has 0 aromatic heterocycles. The first-order chi connectivity index (χ1) is 13.1. The van der Waals surface area contributed by atoms with Crippen molar-refractivity contribution in [2.75, 3.05) is 32.7 Å². The van der Waals surface area contributed by atoms with Gasteiger partial charge in [0.1, 0.15) is 5.82 Å². The summed E-state index contributed by atoms with van der Waals surface area (Å²) >= 11 is 0. The topological polar surface area (TPSA) is 52.7 Å². The lowest BCUT2D eigenvalue weighted by atomic mass is 9.77. The number of hydrogen-bond acceptors (Lipinski definition) is 3. The Morgan fingerprint density at radius 3 is 2.26 bits per heavy atom. The quantitative estimate of drug-likeness (QED) is 0.860. The fourth-order valence-corrected chi connectivity index (χ4v) is 4.49. The van der Waals surface area contributed by atoms with Crippen molar-refractivity contribution in [3.63, 3.8) is 0 Å². The fourth-order valence-electron chi connectivity index (χ4n) is 4.49. The van der Waals surface area contributed by atoms with Gasteiger partial charge in [0.25, 0.3) is 0 Å². The van der Waals surface area contributed by atoms with E-state index in [1.165, 1.54) is 12.1 Å². The monoisotopic (exact) mass is 373 g/mol. The van der Waals surface area contributed by atoms with E-state index in [4.69, 9.17) is 0 Å². The Hall–Kier alpha value is -1.95. The Balaban J connectivity index is 1.38. The van der Waals surface area contributed by atoms with Crippen molar-refractivity contribution < 1.29 is 14.0 Å². The van der Waals surface area contributed by atoms with E-state index in [1.54, 1.807) is 12.1 Å². The zero-order valence-electron chi connectivity index (χ0n) is 15.8. The normalized spacial score (nSPS) is 22.6. The third kappa shape index (κ3) is 4.00. The average Bonchev–Trinajstić information content (AvgIpc) is 3.34. The second-order valence-corrected chi connectivity index (χ2v) is 8.21. The summed E-state index contributed by atoms with van der Waals surface area (Å²) in [6.45, 7) is 3.17. The first-order valence-electron chi connectivity index (χ1n) is 10.1. The van der Waals surface area contributed by atoms with Crippen LogP contribution in [-0.2, 0) is 15.0 Å². The lowest BCUT2D eigenvalue weighted by Gasteiger charge is -2.40. The number of amides is 2. The van der Waals surface area contributed by atoms with Crippen LogP contribution >= 0.6 is 0 Å². The zero-order chi connectivity index (χ0) is 18.9. The van der Waals surface area contributed by atoms with Gasteiger partial charge in [0.15, 0.2) is 0 Å². The minimum absolute atomic E-state index is 0.0934. The predicted molar refractivity (Wildman–Crippen MR) is 101 cm³/mol. The molecule has 27 heavy (non-hydrogen) atoms. The SMILES string of the molecule is O=C(CN1CCN(C(=O)C2(c3ccc(F)cc3)CCCC2)CC1)NC1CC1. The van der Waals surface area contributed by atoms with Gasteiger partial charge in [-0.2, -0.15) is 0 Å². The van der Waals surface area contributed by atoms with Crippen molar-refractivity contribution in [1.29, 1.82) is 0 Å². The average molecular weight is 373 g/mol. The van der Waals surface area contributed by atoms with Gasteiger partial charge < -0.3 is 10.2 Å². The lowest BCUT2D eigenvalue weighted by Crippen LogP contribution is -2.55. The molecule has 1 N–H and O–H groups in total. The highest BCUT2D eigenvalue weighted by Gasteiger charge is 2.45. The number of carbonyl (C=O) groups is 2. The maximum Gasteiger partial charge on any atom is 0.234 e. The molecule has 0 unspecified atom stereocenters. The smallest absolute Gasteiger partial charge is 0.234 e. The van der Waals surface area contributed by atoms with Crippen LogP contribution in [0.2, 0.25) is 0 Å². The molecule has 4 rings (SSSR count). The third-order valence-corrected chi connectivity index (χ3v) is 6.23. The van der Waals surface area contributed by atoms with Gasteiger partial charge in [-0.05, 0) is 43.4 Å². The number of benzene rings is 1. The Morgan fingerprint density at radius 1 is 1.04 bits per heavy atom. The summed E-state index contributed by atoms with van der Waals surface area (Å²) in [4.78, 5) is 29.5. The first kappa shape index (κ1) is 18.4. The molecule has 0 atom stereocenters. The third-order valence-electron chi connectivity index (χ3n) is 6.23. The lowest BCUT2D eigenvalue weighted by molar-refractivity contribution is -0.139. The molecular weight excluding hydrogens is 345 g/mol.